The van der Waals surface area contributed by atoms with Crippen molar-refractivity contribution in [3.8, 4) is 0 Å². The van der Waals surface area contributed by atoms with Gasteiger partial charge in [-0.1, -0.05) is 66.2 Å². The van der Waals surface area contributed by atoms with E-state index in [2.05, 4.69) is 28.4 Å². The minimum absolute atomic E-state index is 0.267. The van der Waals surface area contributed by atoms with Crippen LogP contribution in [0.2, 0.25) is 0 Å². The quantitative estimate of drug-likeness (QED) is 0.118. The lowest BCUT2D eigenvalue weighted by Gasteiger charge is -2.14. The summed E-state index contributed by atoms with van der Waals surface area (Å²) < 4.78 is 13.0. The summed E-state index contributed by atoms with van der Waals surface area (Å²) in [4.78, 5) is 49.8. The van der Waals surface area contributed by atoms with E-state index in [9.17, 15) is 19.2 Å². The first-order chi connectivity index (χ1) is 14.7. The van der Waals surface area contributed by atoms with Gasteiger partial charge in [-0.15, -0.1) is 0 Å². The van der Waals surface area contributed by atoms with E-state index in [0.717, 1.165) is 51.4 Å². The predicted octanol–water partition coefficient (Wildman–Crippen LogP) is 6.00. The lowest BCUT2D eigenvalue weighted by molar-refractivity contribution is -0.219. The van der Waals surface area contributed by atoms with Crippen molar-refractivity contribution in [2.75, 3.05) is 13.2 Å². The molecule has 182 valence electrons. The Morgan fingerprint density at radius 2 is 1.03 bits per heavy atom. The smallest absolute Gasteiger partial charge is 0.449 e. The van der Waals surface area contributed by atoms with Crippen LogP contribution in [0.5, 0.6) is 0 Å². The van der Waals surface area contributed by atoms with Gasteiger partial charge in [0, 0.05) is 0 Å². The maximum absolute atomic E-state index is 11.4. The first-order valence-electron chi connectivity index (χ1n) is 10.5. The molecule has 0 saturated carbocycles. The summed E-state index contributed by atoms with van der Waals surface area (Å²) in [7, 11) is 0. The number of hydrogen-bond donors (Lipinski definition) is 2. The Labute approximate surface area is 182 Å². The highest BCUT2D eigenvalue weighted by Crippen LogP contribution is 2.14. The summed E-state index contributed by atoms with van der Waals surface area (Å²) in [5.74, 6) is 0.599. The zero-order chi connectivity index (χ0) is 24.1. The average Bonchev–Trinajstić information content (AvgIpc) is 2.72. The Morgan fingerprint density at radius 3 is 1.26 bits per heavy atom. The number of carbonyl (C=O) groups is 4. The average molecular weight is 452 g/mol. The molecule has 0 aliphatic carbocycles. The van der Waals surface area contributed by atoms with E-state index >= 15 is 0 Å². The first-order valence-corrected chi connectivity index (χ1v) is 10.5. The van der Waals surface area contributed by atoms with Gasteiger partial charge in [0.05, 0.1) is 13.2 Å². The van der Waals surface area contributed by atoms with E-state index < -0.39 is 24.6 Å². The largest absolute Gasteiger partial charge is 0.550 e. The molecule has 0 aliphatic heterocycles. The number of carboxylic acid groups (broad SMARTS) is 2. The molecule has 0 spiro atoms. The third-order valence-corrected chi connectivity index (χ3v) is 4.31. The highest BCUT2D eigenvalue weighted by Gasteiger charge is 2.16. The van der Waals surface area contributed by atoms with Gasteiger partial charge in [0.1, 0.15) is 0 Å². The molecule has 0 rings (SSSR count). The highest BCUT2D eigenvalue weighted by molar-refractivity contribution is 5.74. The van der Waals surface area contributed by atoms with Gasteiger partial charge in [-0.05, 0) is 24.7 Å². The molecule has 0 aromatic carbocycles. The van der Waals surface area contributed by atoms with Crippen LogP contribution in [0.3, 0.4) is 0 Å². The van der Waals surface area contributed by atoms with Crippen molar-refractivity contribution < 1.29 is 53.4 Å². The molecule has 0 heterocycles. The van der Waals surface area contributed by atoms with Gasteiger partial charge < -0.3 is 24.4 Å². The van der Waals surface area contributed by atoms with Crippen LogP contribution in [0, 0.1) is 11.8 Å². The summed E-state index contributed by atoms with van der Waals surface area (Å²) in [5.41, 5.74) is 0. The highest BCUT2D eigenvalue weighted by atomic mass is 17.3. The Balaban J connectivity index is 0. The molecule has 0 bridgehead atoms. The normalized spacial score (nSPS) is 11.7. The lowest BCUT2D eigenvalue weighted by atomic mass is 10.0. The molecule has 0 saturated heterocycles. The summed E-state index contributed by atoms with van der Waals surface area (Å²) in [5, 5.41) is 15.0. The Hall–Kier alpha value is -2.72. The van der Waals surface area contributed by atoms with Crippen molar-refractivity contribution in [3.05, 3.63) is 0 Å². The van der Waals surface area contributed by atoms with E-state index in [1.807, 2.05) is 13.8 Å². The molecule has 0 aliphatic rings. The van der Waals surface area contributed by atoms with Crippen molar-refractivity contribution in [1.82, 2.24) is 0 Å². The molecule has 0 radical (unpaired) electrons. The topological polar surface area (TPSA) is 155 Å². The van der Waals surface area contributed by atoms with Gasteiger partial charge in [-0.2, -0.15) is 19.4 Å². The zero-order valence-electron chi connectivity index (χ0n) is 18.8. The number of rotatable bonds is 12. The molecule has 11 nitrogen and oxygen atoms in total. The molecular formula is C20H36O11. The van der Waals surface area contributed by atoms with Crippen LogP contribution in [0.15, 0.2) is 0 Å². The molecule has 11 heteroatoms. The van der Waals surface area contributed by atoms with Gasteiger partial charge in [-0.3, -0.25) is 0 Å². The monoisotopic (exact) mass is 452 g/mol. The first kappa shape index (κ1) is 30.5. The summed E-state index contributed by atoms with van der Waals surface area (Å²) >= 11 is 0. The van der Waals surface area contributed by atoms with Gasteiger partial charge in [-0.25, -0.2) is 9.59 Å². The maximum Gasteiger partial charge on any atom is 0.550 e. The van der Waals surface area contributed by atoms with E-state index in [-0.39, 0.29) is 13.2 Å². The predicted molar refractivity (Wildman–Crippen MR) is 109 cm³/mol. The fraction of sp³-hybridized carbons (Fsp3) is 0.800. The van der Waals surface area contributed by atoms with Crippen LogP contribution in [-0.4, -0.2) is 48.0 Å². The molecule has 0 amide bonds. The molecule has 0 fully saturated rings. The second-order valence-electron chi connectivity index (χ2n) is 6.76. The molecule has 0 aromatic heterocycles. The Kier molecular flexibility index (Phi) is 20.2. The van der Waals surface area contributed by atoms with Crippen molar-refractivity contribution >= 4 is 24.6 Å². The standard InChI is InChI=1S/C18H34O6.C2H2O5/c1-5-9-11-15(7-3)13-21-17(19)23-24-18(20)22-14-16(8-4)12-10-6-2;3-1(4)7-2(5)6/h15-16H,5-14H2,1-4H3;(H,3,4)(H,5,6). The lowest BCUT2D eigenvalue weighted by Crippen LogP contribution is -2.19. The molecule has 31 heavy (non-hydrogen) atoms. The Morgan fingerprint density at radius 1 is 0.677 bits per heavy atom. The Bertz CT molecular complexity index is 463. The minimum atomic E-state index is -1.81. The number of unbranched alkanes of at least 4 members (excludes halogenated alkanes) is 2. The number of ether oxygens (including phenoxy) is 3. The van der Waals surface area contributed by atoms with Crippen LogP contribution in [0.25, 0.3) is 0 Å². The van der Waals surface area contributed by atoms with Crippen molar-refractivity contribution in [3.63, 3.8) is 0 Å². The van der Waals surface area contributed by atoms with E-state index in [0.29, 0.717) is 11.8 Å². The SMILES string of the molecule is CCCCC(CC)COC(=O)OOC(=O)OCC(CC)CCCC.O=C(O)OC(=O)O. The summed E-state index contributed by atoms with van der Waals surface area (Å²) in [6.07, 6.45) is 2.59. The third kappa shape index (κ3) is 21.8. The fourth-order valence-electron chi connectivity index (χ4n) is 2.36. The van der Waals surface area contributed by atoms with Gasteiger partial charge >= 0.3 is 24.6 Å². The van der Waals surface area contributed by atoms with Crippen LogP contribution >= 0.6 is 0 Å². The van der Waals surface area contributed by atoms with E-state index in [1.165, 1.54) is 0 Å². The van der Waals surface area contributed by atoms with Crippen LogP contribution in [0.1, 0.15) is 79.1 Å². The van der Waals surface area contributed by atoms with Crippen molar-refractivity contribution in [2.24, 2.45) is 11.8 Å². The van der Waals surface area contributed by atoms with Crippen molar-refractivity contribution in [1.29, 1.82) is 0 Å². The van der Waals surface area contributed by atoms with E-state index in [4.69, 9.17) is 19.7 Å². The molecule has 2 atom stereocenters. The second-order valence-corrected chi connectivity index (χ2v) is 6.76. The maximum atomic E-state index is 11.4. The van der Waals surface area contributed by atoms with Crippen LogP contribution in [-0.2, 0) is 24.0 Å². The molecule has 0 aromatic rings. The third-order valence-electron chi connectivity index (χ3n) is 4.31. The van der Waals surface area contributed by atoms with Gasteiger partial charge in [0.15, 0.2) is 0 Å². The van der Waals surface area contributed by atoms with Crippen LogP contribution < -0.4 is 0 Å². The second kappa shape index (κ2) is 20.5. The molecule has 2 N–H and O–H groups in total. The van der Waals surface area contributed by atoms with E-state index in [1.54, 1.807) is 0 Å². The number of carbonyl (C=O) groups excluding carboxylic acids is 2. The molecular weight excluding hydrogens is 416 g/mol. The fourth-order valence-corrected chi connectivity index (χ4v) is 2.36. The van der Waals surface area contributed by atoms with Crippen LogP contribution in [0.4, 0.5) is 19.2 Å². The van der Waals surface area contributed by atoms with Crippen molar-refractivity contribution in [2.45, 2.75) is 79.1 Å². The summed E-state index contributed by atoms with van der Waals surface area (Å²) in [6, 6.07) is 0. The number of hydrogen-bond acceptors (Lipinski definition) is 9. The zero-order valence-corrected chi connectivity index (χ0v) is 18.8. The van der Waals surface area contributed by atoms with Gasteiger partial charge in [0.25, 0.3) is 0 Å². The minimum Gasteiger partial charge on any atom is -0.449 e. The van der Waals surface area contributed by atoms with Gasteiger partial charge in [0.2, 0.25) is 0 Å². The molecule has 2 unspecified atom stereocenters. The summed E-state index contributed by atoms with van der Waals surface area (Å²) in [6.45, 7) is 8.86.